The molecule has 2 rings (SSSR count). The van der Waals surface area contributed by atoms with E-state index in [1.165, 1.54) is 15.4 Å². The van der Waals surface area contributed by atoms with Crippen LogP contribution in [-0.2, 0) is 0 Å². The fourth-order valence-electron chi connectivity index (χ4n) is 2.15. The second kappa shape index (κ2) is 3.34. The van der Waals surface area contributed by atoms with Gasteiger partial charge >= 0.3 is 88.5 Å². The van der Waals surface area contributed by atoms with E-state index in [2.05, 4.69) is 67.1 Å². The second-order valence-corrected chi connectivity index (χ2v) is 3.88. The molecular weight excluding hydrogens is 153 g/mol. The van der Waals surface area contributed by atoms with E-state index in [0.717, 1.165) is 0 Å². The van der Waals surface area contributed by atoms with Crippen LogP contribution >= 0.6 is 0 Å². The molecule has 1 aromatic rings. The van der Waals surface area contributed by atoms with E-state index >= 15 is 0 Å². The molecule has 1 atom stereocenters. The van der Waals surface area contributed by atoms with Crippen LogP contribution in [0.25, 0.3) is 6.08 Å². The Morgan fingerprint density at radius 3 is 2.62 bits per heavy atom. The zero-order valence-corrected chi connectivity index (χ0v) is 8.41. The summed E-state index contributed by atoms with van der Waals surface area (Å²) >= 11 is 2.20. The van der Waals surface area contributed by atoms with Gasteiger partial charge in [0.2, 0.25) is 0 Å². The summed E-state index contributed by atoms with van der Waals surface area (Å²) in [6.07, 6.45) is 2.28. The molecule has 0 spiro atoms. The molecule has 1 aromatic carbocycles. The summed E-state index contributed by atoms with van der Waals surface area (Å²) in [5, 5.41) is 0. The van der Waals surface area contributed by atoms with Crippen LogP contribution < -0.4 is 0 Å². The first kappa shape index (κ1) is 9.09. The van der Waals surface area contributed by atoms with Gasteiger partial charge in [-0.1, -0.05) is 0 Å². The van der Waals surface area contributed by atoms with Gasteiger partial charge in [0, 0.05) is 0 Å². The van der Waals surface area contributed by atoms with Gasteiger partial charge in [-0.25, -0.2) is 0 Å². The van der Waals surface area contributed by atoms with Gasteiger partial charge in [0.1, 0.15) is 0 Å². The summed E-state index contributed by atoms with van der Waals surface area (Å²) in [5.41, 5.74) is 2.81. The van der Waals surface area contributed by atoms with Crippen molar-refractivity contribution in [1.29, 1.82) is 0 Å². The van der Waals surface area contributed by atoms with Gasteiger partial charge in [-0.2, -0.15) is 0 Å². The van der Waals surface area contributed by atoms with E-state index in [9.17, 15) is 0 Å². The third-order valence-electron chi connectivity index (χ3n) is 2.62. The Morgan fingerprint density at radius 1 is 1.23 bits per heavy atom. The van der Waals surface area contributed by atoms with Gasteiger partial charge in [-0.3, -0.25) is 0 Å². The third kappa shape index (κ3) is 1.48. The first-order valence-electron chi connectivity index (χ1n) is 4.63. The average molecular weight is 165 g/mol. The van der Waals surface area contributed by atoms with Crippen LogP contribution in [0.15, 0.2) is 28.5 Å². The fraction of sp³-hybridized carbons (Fsp3) is 0.273. The fourth-order valence-corrected chi connectivity index (χ4v) is 2.15. The molecule has 0 N–H and O–H groups in total. The van der Waals surface area contributed by atoms with Crippen LogP contribution in [0.4, 0.5) is 0 Å². The van der Waals surface area contributed by atoms with Crippen LogP contribution in [0.2, 0.25) is 0 Å². The van der Waals surface area contributed by atoms with Crippen molar-refractivity contribution in [3.05, 3.63) is 39.6 Å². The molecule has 0 saturated carbocycles. The minimum atomic E-state index is 0.483. The number of benzene rings is 1. The molecule has 0 heterocycles. The van der Waals surface area contributed by atoms with Crippen molar-refractivity contribution in [1.82, 2.24) is 4.90 Å². The second-order valence-electron chi connectivity index (χ2n) is 3.88. The summed E-state index contributed by atoms with van der Waals surface area (Å²) in [4.78, 5) is 2.26. The molecule has 2 heteroatoms. The van der Waals surface area contributed by atoms with E-state index in [0.29, 0.717) is 6.04 Å². The molecule has 0 radical (unpaired) electrons. The minimum absolute atomic E-state index is 0.483. The quantitative estimate of drug-likeness (QED) is 0.573. The predicted molar refractivity (Wildman–Crippen MR) is 56.6 cm³/mol. The van der Waals surface area contributed by atoms with E-state index in [-0.39, 0.29) is 0 Å². The standard InChI is InChI=1S/C11H12N.Li/c1-12(2)11-8-7-9-5-3-4-6-10(9)11;/h3-7,11H,1-2H3;. The van der Waals surface area contributed by atoms with Crippen molar-refractivity contribution in [3.63, 3.8) is 0 Å². The van der Waals surface area contributed by atoms with Crippen LogP contribution in [0.1, 0.15) is 17.2 Å². The Morgan fingerprint density at radius 2 is 1.92 bits per heavy atom. The summed E-state index contributed by atoms with van der Waals surface area (Å²) in [7, 11) is 4.26. The molecule has 0 amide bonds. The van der Waals surface area contributed by atoms with E-state index in [1.54, 1.807) is 0 Å². The number of hydrogen-bond donors (Lipinski definition) is 0. The number of fused-ring (bicyclic) bond motifs is 1. The Bertz CT molecular complexity index is 355. The average Bonchev–Trinajstić information content (AvgIpc) is 2.39. The molecular formula is C11H12LiN. The van der Waals surface area contributed by atoms with Crippen molar-refractivity contribution in [2.75, 3.05) is 14.1 Å². The molecule has 13 heavy (non-hydrogen) atoms. The predicted octanol–water partition coefficient (Wildman–Crippen LogP) is 1.81. The van der Waals surface area contributed by atoms with Crippen LogP contribution in [-0.4, -0.2) is 36.7 Å². The van der Waals surface area contributed by atoms with Crippen molar-refractivity contribution in [2.24, 2.45) is 0 Å². The molecule has 1 unspecified atom stereocenters. The summed E-state index contributed by atoms with van der Waals surface area (Å²) in [6.45, 7) is 0. The van der Waals surface area contributed by atoms with Crippen LogP contribution in [0.3, 0.4) is 0 Å². The van der Waals surface area contributed by atoms with Crippen molar-refractivity contribution >= 4 is 23.8 Å². The maximum atomic E-state index is 2.28. The van der Waals surface area contributed by atoms with E-state index in [1.807, 2.05) is 0 Å². The SMILES string of the molecule is [Li][C]1=Cc2ccccc2C1N(C)C. The zero-order valence-electron chi connectivity index (χ0n) is 8.41. The number of rotatable bonds is 1. The van der Waals surface area contributed by atoms with Gasteiger partial charge in [-0.05, 0) is 0 Å². The Balaban J connectivity index is 2.49. The monoisotopic (exact) mass is 165 g/mol. The first-order chi connectivity index (χ1) is 6.20. The molecule has 62 valence electrons. The molecule has 1 aliphatic carbocycles. The Hall–Kier alpha value is -0.483. The van der Waals surface area contributed by atoms with Crippen molar-refractivity contribution in [2.45, 2.75) is 6.04 Å². The summed E-state index contributed by atoms with van der Waals surface area (Å²) < 4.78 is 1.44. The molecule has 1 aliphatic rings. The Kier molecular flexibility index (Phi) is 2.34. The third-order valence-corrected chi connectivity index (χ3v) is 2.62. The first-order valence-corrected chi connectivity index (χ1v) is 4.63. The van der Waals surface area contributed by atoms with Gasteiger partial charge in [0.05, 0.1) is 0 Å². The van der Waals surface area contributed by atoms with E-state index < -0.39 is 0 Å². The van der Waals surface area contributed by atoms with Gasteiger partial charge < -0.3 is 0 Å². The van der Waals surface area contributed by atoms with Gasteiger partial charge in [-0.15, -0.1) is 0 Å². The van der Waals surface area contributed by atoms with Gasteiger partial charge in [0.25, 0.3) is 0 Å². The topological polar surface area (TPSA) is 3.24 Å². The maximum absolute atomic E-state index is 2.28. The summed E-state index contributed by atoms with van der Waals surface area (Å²) in [5.74, 6) is 0. The molecule has 0 saturated heterocycles. The Labute approximate surface area is 88.6 Å². The molecule has 0 aliphatic heterocycles. The van der Waals surface area contributed by atoms with Crippen LogP contribution in [0.5, 0.6) is 0 Å². The number of hydrogen-bond acceptors (Lipinski definition) is 1. The molecule has 0 fully saturated rings. The zero-order chi connectivity index (χ0) is 9.42. The normalized spacial score (nSPS) is 20.4. The van der Waals surface area contributed by atoms with E-state index in [4.69, 9.17) is 0 Å². The molecule has 0 aromatic heterocycles. The number of likely N-dealkylation sites (N-methyl/N-ethyl adjacent to an activating group) is 1. The summed E-state index contributed by atoms with van der Waals surface area (Å²) in [6, 6.07) is 9.09. The van der Waals surface area contributed by atoms with Gasteiger partial charge in [0.15, 0.2) is 0 Å². The molecule has 1 nitrogen and oxygen atoms in total. The molecule has 0 bridgehead atoms. The van der Waals surface area contributed by atoms with Crippen molar-refractivity contribution in [3.8, 4) is 0 Å². The number of nitrogens with zero attached hydrogens (tertiary/aromatic N) is 1. The van der Waals surface area contributed by atoms with Crippen molar-refractivity contribution < 1.29 is 0 Å². The van der Waals surface area contributed by atoms with Crippen LogP contribution in [0, 0.1) is 0 Å².